The normalized spacial score (nSPS) is 16.1. The largest absolute Gasteiger partial charge is 0.496 e. The van der Waals surface area contributed by atoms with E-state index >= 15 is 0 Å². The number of nitrogens with zero attached hydrogens (tertiary/aromatic N) is 3. The van der Waals surface area contributed by atoms with Crippen molar-refractivity contribution in [3.05, 3.63) is 60.3 Å². The zero-order valence-corrected chi connectivity index (χ0v) is 22.6. The van der Waals surface area contributed by atoms with Crippen LogP contribution >= 0.6 is 0 Å². The van der Waals surface area contributed by atoms with Crippen molar-refractivity contribution in [1.29, 1.82) is 0 Å². The van der Waals surface area contributed by atoms with Gasteiger partial charge in [-0.05, 0) is 31.9 Å². The zero-order chi connectivity index (χ0) is 27.9. The van der Waals surface area contributed by atoms with Gasteiger partial charge in [0.1, 0.15) is 17.8 Å². The van der Waals surface area contributed by atoms with E-state index in [4.69, 9.17) is 18.6 Å². The van der Waals surface area contributed by atoms with Gasteiger partial charge >= 0.3 is 0 Å². The second-order valence-corrected chi connectivity index (χ2v) is 9.74. The van der Waals surface area contributed by atoms with Crippen LogP contribution in [0.15, 0.2) is 47.3 Å². The van der Waals surface area contributed by atoms with E-state index in [1.165, 1.54) is 12.5 Å². The Morgan fingerprint density at radius 1 is 1.18 bits per heavy atom. The van der Waals surface area contributed by atoms with Crippen molar-refractivity contribution in [3.8, 4) is 17.0 Å². The number of carbonyl (C=O) groups is 2. The van der Waals surface area contributed by atoms with Crippen LogP contribution in [0.5, 0.6) is 5.75 Å². The first kappa shape index (κ1) is 27.5. The Morgan fingerprint density at radius 3 is 2.85 bits per heavy atom. The number of hydrogen-bond donors (Lipinski definition) is 2. The fourth-order valence-electron chi connectivity index (χ4n) is 4.74. The number of unbranched alkanes of at least 4 members (excludes halogenated alkanes) is 2. The highest BCUT2D eigenvalue weighted by molar-refractivity contribution is 5.91. The lowest BCUT2D eigenvalue weighted by Crippen LogP contribution is -2.44. The molecule has 1 aliphatic rings. The number of pyridine rings is 1. The van der Waals surface area contributed by atoms with E-state index in [-0.39, 0.29) is 30.2 Å². The Morgan fingerprint density at radius 2 is 2.08 bits per heavy atom. The van der Waals surface area contributed by atoms with Crippen LogP contribution in [0, 0.1) is 6.92 Å². The van der Waals surface area contributed by atoms with Gasteiger partial charge in [-0.1, -0.05) is 18.9 Å². The van der Waals surface area contributed by atoms with Gasteiger partial charge in [0.25, 0.3) is 11.8 Å². The van der Waals surface area contributed by atoms with Gasteiger partial charge in [-0.3, -0.25) is 14.6 Å². The highest BCUT2D eigenvalue weighted by Gasteiger charge is 2.27. The summed E-state index contributed by atoms with van der Waals surface area (Å²) >= 11 is 0. The molecule has 11 nitrogen and oxygen atoms in total. The van der Waals surface area contributed by atoms with Gasteiger partial charge in [0.05, 0.1) is 56.6 Å². The number of imidazole rings is 1. The van der Waals surface area contributed by atoms with E-state index in [0.717, 1.165) is 40.7 Å². The molecule has 0 saturated carbocycles. The number of rotatable bonds is 12. The third-order valence-corrected chi connectivity index (χ3v) is 6.86. The molecule has 0 radical (unpaired) electrons. The summed E-state index contributed by atoms with van der Waals surface area (Å²) in [7, 11) is 1.62. The number of Topliss-reactive ketones (excluding diaryl/α,β-unsaturated/α-hetero) is 1. The van der Waals surface area contributed by atoms with Gasteiger partial charge < -0.3 is 28.9 Å². The number of hydrogen-bond acceptors (Lipinski definition) is 9. The minimum atomic E-state index is -0.666. The highest BCUT2D eigenvalue weighted by Crippen LogP contribution is 2.33. The number of oxazole rings is 1. The number of carbonyl (C=O) groups excluding carboxylic acids is 2. The Bertz CT molecular complexity index is 1440. The number of fused-ring (bicyclic) bond motifs is 1. The van der Waals surface area contributed by atoms with Crippen LogP contribution in [0.3, 0.4) is 0 Å². The molecule has 0 spiro atoms. The molecule has 0 aliphatic carbocycles. The van der Waals surface area contributed by atoms with Gasteiger partial charge in [-0.25, -0.2) is 9.97 Å². The SMILES string of the molecule is COc1cc2nc(C)ccc2cc1-c1cnc([C@H](CCCCCC(=O)c2ncco2)NC(=O)C2COCCO2)[nH]1. The number of methoxy groups -OCH3 is 1. The summed E-state index contributed by atoms with van der Waals surface area (Å²) in [6.45, 7) is 3.02. The van der Waals surface area contributed by atoms with Gasteiger partial charge in [-0.2, -0.15) is 0 Å². The van der Waals surface area contributed by atoms with Crippen molar-refractivity contribution < 1.29 is 28.2 Å². The van der Waals surface area contributed by atoms with E-state index in [1.54, 1.807) is 13.3 Å². The molecular formula is C29H33N5O6. The summed E-state index contributed by atoms with van der Waals surface area (Å²) in [5, 5.41) is 4.07. The van der Waals surface area contributed by atoms with Gasteiger partial charge in [-0.15, -0.1) is 0 Å². The van der Waals surface area contributed by atoms with E-state index in [2.05, 4.69) is 25.3 Å². The standard InChI is InChI=1S/C29H33N5O6/c1-18-8-9-19-14-20(25(37-2)15-22(19)32-18)23-16-31-27(33-23)21(34-28(36)26-17-38-12-13-39-26)6-4-3-5-7-24(35)29-30-10-11-40-29/h8-11,14-16,21,26H,3-7,12-13,17H2,1-2H3,(H,31,33)(H,34,36)/t21-,26?/m0/s1. The minimum Gasteiger partial charge on any atom is -0.496 e. The van der Waals surface area contributed by atoms with Crippen molar-refractivity contribution in [2.45, 2.75) is 51.2 Å². The van der Waals surface area contributed by atoms with E-state index in [9.17, 15) is 9.59 Å². The fraction of sp³-hybridized carbons (Fsp3) is 0.414. The number of aromatic nitrogens is 4. The van der Waals surface area contributed by atoms with Gasteiger partial charge in [0.15, 0.2) is 6.10 Å². The molecule has 1 aliphatic heterocycles. The maximum atomic E-state index is 13.0. The highest BCUT2D eigenvalue weighted by atomic mass is 16.6. The second kappa shape index (κ2) is 12.8. The summed E-state index contributed by atoms with van der Waals surface area (Å²) in [6, 6.07) is 7.55. The number of benzene rings is 1. The van der Waals surface area contributed by atoms with Gasteiger partial charge in [0.2, 0.25) is 5.78 Å². The molecule has 11 heteroatoms. The number of ketones is 1. The molecule has 210 valence electrons. The lowest BCUT2D eigenvalue weighted by molar-refractivity contribution is -0.148. The predicted octanol–water partition coefficient (Wildman–Crippen LogP) is 4.34. The quantitative estimate of drug-likeness (QED) is 0.196. The summed E-state index contributed by atoms with van der Waals surface area (Å²) in [5.41, 5.74) is 3.39. The van der Waals surface area contributed by atoms with Crippen LogP contribution in [-0.2, 0) is 14.3 Å². The van der Waals surface area contributed by atoms with Crippen LogP contribution in [-0.4, -0.2) is 64.7 Å². The molecular weight excluding hydrogens is 514 g/mol. The van der Waals surface area contributed by atoms with Crippen molar-refractivity contribution in [2.24, 2.45) is 0 Å². The van der Waals surface area contributed by atoms with Crippen LogP contribution < -0.4 is 10.1 Å². The van der Waals surface area contributed by atoms with Gasteiger partial charge in [0, 0.05) is 29.1 Å². The summed E-state index contributed by atoms with van der Waals surface area (Å²) < 4.78 is 21.8. The molecule has 3 aromatic heterocycles. The molecule has 1 saturated heterocycles. The lowest BCUT2D eigenvalue weighted by atomic mass is 10.0. The Labute approximate surface area is 231 Å². The molecule has 1 aromatic carbocycles. The average Bonchev–Trinajstić information content (AvgIpc) is 3.69. The molecule has 1 amide bonds. The summed E-state index contributed by atoms with van der Waals surface area (Å²) in [6.07, 6.45) is 7.16. The molecule has 0 bridgehead atoms. The first-order valence-electron chi connectivity index (χ1n) is 13.4. The summed E-state index contributed by atoms with van der Waals surface area (Å²) in [4.78, 5) is 41.7. The van der Waals surface area contributed by atoms with Crippen LogP contribution in [0.25, 0.3) is 22.2 Å². The fourth-order valence-corrected chi connectivity index (χ4v) is 4.74. The Kier molecular flexibility index (Phi) is 8.82. The Hall–Kier alpha value is -4.09. The molecule has 5 rings (SSSR count). The number of nitrogens with one attached hydrogen (secondary N) is 2. The average molecular weight is 548 g/mol. The van der Waals surface area contributed by atoms with E-state index in [0.29, 0.717) is 44.1 Å². The van der Waals surface area contributed by atoms with Crippen molar-refractivity contribution in [1.82, 2.24) is 25.3 Å². The third-order valence-electron chi connectivity index (χ3n) is 6.86. The molecule has 4 heterocycles. The molecule has 40 heavy (non-hydrogen) atoms. The molecule has 4 aromatic rings. The van der Waals surface area contributed by atoms with E-state index in [1.807, 2.05) is 31.2 Å². The molecule has 1 unspecified atom stereocenters. The zero-order valence-electron chi connectivity index (χ0n) is 22.6. The topological polar surface area (TPSA) is 141 Å². The monoisotopic (exact) mass is 547 g/mol. The maximum Gasteiger partial charge on any atom is 0.263 e. The Balaban J connectivity index is 1.30. The third kappa shape index (κ3) is 6.54. The predicted molar refractivity (Wildman–Crippen MR) is 146 cm³/mol. The summed E-state index contributed by atoms with van der Waals surface area (Å²) in [5.74, 6) is 1.07. The lowest BCUT2D eigenvalue weighted by Gasteiger charge is -2.25. The molecule has 2 N–H and O–H groups in total. The molecule has 1 fully saturated rings. The van der Waals surface area contributed by atoms with Crippen LogP contribution in [0.1, 0.15) is 60.3 Å². The minimum absolute atomic E-state index is 0.116. The van der Waals surface area contributed by atoms with Crippen molar-refractivity contribution >= 4 is 22.6 Å². The second-order valence-electron chi connectivity index (χ2n) is 9.74. The first-order valence-corrected chi connectivity index (χ1v) is 13.4. The smallest absolute Gasteiger partial charge is 0.263 e. The van der Waals surface area contributed by atoms with Crippen molar-refractivity contribution in [2.75, 3.05) is 26.9 Å². The number of aryl methyl sites for hydroxylation is 1. The maximum absolute atomic E-state index is 13.0. The first-order chi connectivity index (χ1) is 19.5. The molecule has 2 atom stereocenters. The number of H-pyrrole nitrogens is 1. The number of aromatic amines is 1. The van der Waals surface area contributed by atoms with Crippen molar-refractivity contribution in [3.63, 3.8) is 0 Å². The van der Waals surface area contributed by atoms with Crippen LogP contribution in [0.4, 0.5) is 0 Å². The number of amides is 1. The van der Waals surface area contributed by atoms with E-state index < -0.39 is 6.10 Å². The van der Waals surface area contributed by atoms with Crippen LogP contribution in [0.2, 0.25) is 0 Å². The number of ether oxygens (including phenoxy) is 3.